The van der Waals surface area contributed by atoms with E-state index in [0.717, 1.165) is 29.7 Å². The van der Waals surface area contributed by atoms with E-state index in [1.165, 1.54) is 0 Å². The lowest BCUT2D eigenvalue weighted by molar-refractivity contribution is -0.149. The summed E-state index contributed by atoms with van der Waals surface area (Å²) in [6.07, 6.45) is 2.90. The summed E-state index contributed by atoms with van der Waals surface area (Å²) in [5.74, 6) is -1.27. The molecule has 0 radical (unpaired) electrons. The predicted octanol–water partition coefficient (Wildman–Crippen LogP) is -1.11. The molecule has 1 saturated carbocycles. The van der Waals surface area contributed by atoms with Gasteiger partial charge in [-0.1, -0.05) is 0 Å². The first kappa shape index (κ1) is 16.5. The Morgan fingerprint density at radius 3 is 2.78 bits per heavy atom. The molecular weight excluding hydrogens is 304 g/mol. The molecule has 23 heavy (non-hydrogen) atoms. The van der Waals surface area contributed by atoms with Gasteiger partial charge in [-0.25, -0.2) is 4.79 Å². The fraction of sp³-hybridized carbons (Fsp3) is 0.500. The number of nitrogens with zero attached hydrogens (tertiary/aromatic N) is 2. The predicted molar refractivity (Wildman–Crippen MR) is 77.2 cm³/mol. The second-order valence-corrected chi connectivity index (χ2v) is 5.54. The van der Waals surface area contributed by atoms with Gasteiger partial charge in [0.1, 0.15) is 12.1 Å². The molecule has 1 aliphatic carbocycles. The number of amides is 1. The largest absolute Gasteiger partial charge is 0.454 e. The summed E-state index contributed by atoms with van der Waals surface area (Å²) in [7, 11) is 0. The van der Waals surface area contributed by atoms with Crippen molar-refractivity contribution in [3.8, 4) is 6.07 Å². The van der Waals surface area contributed by atoms with Crippen molar-refractivity contribution in [1.82, 2.24) is 14.9 Å². The molecule has 0 bridgehead atoms. The molecule has 0 spiro atoms. The van der Waals surface area contributed by atoms with Gasteiger partial charge in [-0.2, -0.15) is 5.26 Å². The molecule has 1 atom stereocenters. The first-order chi connectivity index (χ1) is 10.8. The Bertz CT molecular complexity index is 770. The van der Waals surface area contributed by atoms with Crippen LogP contribution in [0.25, 0.3) is 0 Å². The highest BCUT2D eigenvalue weighted by Gasteiger charge is 2.43. The van der Waals surface area contributed by atoms with E-state index in [-0.39, 0.29) is 5.92 Å². The molecular formula is C14H16N4O5. The number of carbonyl (C=O) groups is 2. The van der Waals surface area contributed by atoms with Gasteiger partial charge in [-0.15, -0.1) is 0 Å². The van der Waals surface area contributed by atoms with E-state index in [2.05, 4.69) is 11.4 Å². The molecule has 1 fully saturated rings. The summed E-state index contributed by atoms with van der Waals surface area (Å²) in [5.41, 5.74) is -2.28. The van der Waals surface area contributed by atoms with Crippen LogP contribution in [0.2, 0.25) is 0 Å². The maximum absolute atomic E-state index is 11.8. The van der Waals surface area contributed by atoms with Gasteiger partial charge in [0.2, 0.25) is 0 Å². The number of aromatic nitrogens is 2. The molecule has 9 nitrogen and oxygen atoms in total. The number of ether oxygens (including phenoxy) is 1. The van der Waals surface area contributed by atoms with Gasteiger partial charge >= 0.3 is 11.7 Å². The number of carbonyl (C=O) groups excluding carboxylic acids is 2. The van der Waals surface area contributed by atoms with Gasteiger partial charge in [0.15, 0.2) is 6.61 Å². The third-order valence-electron chi connectivity index (χ3n) is 3.59. The summed E-state index contributed by atoms with van der Waals surface area (Å²) in [6.45, 7) is 0.659. The minimum atomic E-state index is -0.959. The number of aromatic amines is 1. The second kappa shape index (κ2) is 6.48. The van der Waals surface area contributed by atoms with Gasteiger partial charge < -0.3 is 10.1 Å². The number of rotatable bonds is 6. The van der Waals surface area contributed by atoms with E-state index in [1.807, 2.05) is 4.98 Å². The van der Waals surface area contributed by atoms with Crippen molar-refractivity contribution in [2.45, 2.75) is 31.8 Å². The van der Waals surface area contributed by atoms with Crippen molar-refractivity contribution in [1.29, 1.82) is 5.26 Å². The molecule has 0 aromatic carbocycles. The molecule has 1 aliphatic rings. The lowest BCUT2D eigenvalue weighted by Gasteiger charge is -2.22. The fourth-order valence-electron chi connectivity index (χ4n) is 2.11. The Kier molecular flexibility index (Phi) is 4.64. The van der Waals surface area contributed by atoms with Crippen molar-refractivity contribution in [2.75, 3.05) is 6.61 Å². The normalized spacial score (nSPS) is 16.0. The maximum Gasteiger partial charge on any atom is 0.328 e. The standard InChI is InChI=1S/C14H16N4O5/c1-14(8-15,9-2-3-9)17-11(20)7-23-12(21)6-18-5-4-10(19)16-13(18)22/h4-5,9H,2-3,6-7H2,1H3,(H,17,20)(H,16,19,22)/t14-/m0/s1. The molecule has 2 rings (SSSR count). The van der Waals surface area contributed by atoms with Crippen molar-refractivity contribution in [3.05, 3.63) is 33.1 Å². The van der Waals surface area contributed by atoms with E-state index in [1.54, 1.807) is 6.92 Å². The van der Waals surface area contributed by atoms with E-state index in [9.17, 15) is 19.2 Å². The first-order valence-electron chi connectivity index (χ1n) is 7.02. The van der Waals surface area contributed by atoms with Crippen LogP contribution in [0, 0.1) is 17.2 Å². The zero-order valence-electron chi connectivity index (χ0n) is 12.5. The fourth-order valence-corrected chi connectivity index (χ4v) is 2.11. The van der Waals surface area contributed by atoms with Crippen LogP contribution >= 0.6 is 0 Å². The third-order valence-corrected chi connectivity index (χ3v) is 3.59. The van der Waals surface area contributed by atoms with Crippen molar-refractivity contribution < 1.29 is 14.3 Å². The first-order valence-corrected chi connectivity index (χ1v) is 7.02. The monoisotopic (exact) mass is 320 g/mol. The molecule has 1 amide bonds. The van der Waals surface area contributed by atoms with Crippen molar-refractivity contribution >= 4 is 11.9 Å². The van der Waals surface area contributed by atoms with Crippen LogP contribution in [0.3, 0.4) is 0 Å². The smallest absolute Gasteiger partial charge is 0.328 e. The van der Waals surface area contributed by atoms with Crippen LogP contribution in [-0.4, -0.2) is 33.6 Å². The zero-order valence-corrected chi connectivity index (χ0v) is 12.5. The van der Waals surface area contributed by atoms with Crippen molar-refractivity contribution in [3.63, 3.8) is 0 Å². The van der Waals surface area contributed by atoms with E-state index >= 15 is 0 Å². The molecule has 1 aromatic heterocycles. The van der Waals surface area contributed by atoms with E-state index in [0.29, 0.717) is 0 Å². The maximum atomic E-state index is 11.8. The summed E-state index contributed by atoms with van der Waals surface area (Å²) >= 11 is 0. The molecule has 2 N–H and O–H groups in total. The number of H-pyrrole nitrogens is 1. The molecule has 9 heteroatoms. The molecule has 1 aromatic rings. The van der Waals surface area contributed by atoms with E-state index in [4.69, 9.17) is 10.00 Å². The number of esters is 1. The summed E-state index contributed by atoms with van der Waals surface area (Å²) < 4.78 is 5.72. The van der Waals surface area contributed by atoms with Gasteiger partial charge in [0.05, 0.1) is 6.07 Å². The average Bonchev–Trinajstić information content (AvgIpc) is 3.33. The Morgan fingerprint density at radius 1 is 1.52 bits per heavy atom. The van der Waals surface area contributed by atoms with Gasteiger partial charge in [0, 0.05) is 12.3 Å². The number of nitriles is 1. The van der Waals surface area contributed by atoms with Crippen molar-refractivity contribution in [2.24, 2.45) is 5.92 Å². The lowest BCUT2D eigenvalue weighted by Crippen LogP contribution is -2.48. The molecule has 0 unspecified atom stereocenters. The van der Waals surface area contributed by atoms with Crippen LogP contribution < -0.4 is 16.6 Å². The van der Waals surface area contributed by atoms with Gasteiger partial charge in [-0.3, -0.25) is 23.9 Å². The van der Waals surface area contributed by atoms with Crippen LogP contribution in [0.4, 0.5) is 0 Å². The molecule has 0 saturated heterocycles. The summed E-state index contributed by atoms with van der Waals surface area (Å²) in [5, 5.41) is 11.7. The van der Waals surface area contributed by atoms with Gasteiger partial charge in [-0.05, 0) is 25.7 Å². The number of nitrogens with one attached hydrogen (secondary N) is 2. The van der Waals surface area contributed by atoms with Crippen LogP contribution in [0.5, 0.6) is 0 Å². The molecule has 0 aliphatic heterocycles. The summed E-state index contributed by atoms with van der Waals surface area (Å²) in [4.78, 5) is 47.7. The Balaban J connectivity index is 1.84. The molecule has 1 heterocycles. The number of hydrogen-bond donors (Lipinski definition) is 2. The SMILES string of the molecule is C[C@@](C#N)(NC(=O)COC(=O)Cn1ccc(=O)[nH]c1=O)C1CC1. The third kappa shape index (κ3) is 4.29. The van der Waals surface area contributed by atoms with Gasteiger partial charge in [0.25, 0.3) is 11.5 Å². The Labute approximate surface area is 130 Å². The minimum absolute atomic E-state index is 0.117. The topological polar surface area (TPSA) is 134 Å². The van der Waals surface area contributed by atoms with Crippen LogP contribution in [-0.2, 0) is 20.9 Å². The summed E-state index contributed by atoms with van der Waals surface area (Å²) in [6, 6.07) is 3.15. The highest BCUT2D eigenvalue weighted by atomic mass is 16.5. The number of hydrogen-bond acceptors (Lipinski definition) is 6. The zero-order chi connectivity index (χ0) is 17.0. The highest BCUT2D eigenvalue weighted by molar-refractivity contribution is 5.81. The lowest BCUT2D eigenvalue weighted by atomic mass is 9.98. The minimum Gasteiger partial charge on any atom is -0.454 e. The molecule has 122 valence electrons. The Hall–Kier alpha value is -2.89. The Morgan fingerprint density at radius 2 is 2.22 bits per heavy atom. The second-order valence-electron chi connectivity index (χ2n) is 5.54. The highest BCUT2D eigenvalue weighted by Crippen LogP contribution is 2.39. The van der Waals surface area contributed by atoms with E-state index < -0.39 is 41.8 Å². The average molecular weight is 320 g/mol. The quantitative estimate of drug-likeness (QED) is 0.638. The van der Waals surface area contributed by atoms with Crippen LogP contribution in [0.1, 0.15) is 19.8 Å². The van der Waals surface area contributed by atoms with Crippen LogP contribution in [0.15, 0.2) is 21.9 Å².